The first-order chi connectivity index (χ1) is 10.7. The van der Waals surface area contributed by atoms with E-state index in [1.165, 1.54) is 0 Å². The van der Waals surface area contributed by atoms with Crippen molar-refractivity contribution in [2.75, 3.05) is 6.61 Å². The van der Waals surface area contributed by atoms with Gasteiger partial charge >= 0.3 is 0 Å². The van der Waals surface area contributed by atoms with Crippen LogP contribution in [0.5, 0.6) is 5.75 Å². The minimum Gasteiger partial charge on any atom is -0.494 e. The Bertz CT molecular complexity index is 634. The molecule has 0 heterocycles. The molecular formula is C18H20N2O2. The van der Waals surface area contributed by atoms with Crippen molar-refractivity contribution < 1.29 is 9.53 Å². The molecule has 0 saturated carbocycles. The average Bonchev–Trinajstić information content (AvgIpc) is 2.58. The first-order valence-electron chi connectivity index (χ1n) is 7.33. The first kappa shape index (κ1) is 15.8. The van der Waals surface area contributed by atoms with Crippen molar-refractivity contribution in [1.82, 2.24) is 5.43 Å². The van der Waals surface area contributed by atoms with E-state index in [0.29, 0.717) is 12.2 Å². The molecule has 0 aliphatic carbocycles. The van der Waals surface area contributed by atoms with Gasteiger partial charge in [0.25, 0.3) is 5.91 Å². The Balaban J connectivity index is 1.98. The summed E-state index contributed by atoms with van der Waals surface area (Å²) in [4.78, 5) is 11.9. The number of carbonyl (C=O) groups excluding carboxylic acids is 1. The van der Waals surface area contributed by atoms with Gasteiger partial charge in [-0.15, -0.1) is 0 Å². The molecular weight excluding hydrogens is 276 g/mol. The maximum atomic E-state index is 11.9. The molecule has 4 heteroatoms. The van der Waals surface area contributed by atoms with Gasteiger partial charge in [0.05, 0.1) is 12.3 Å². The van der Waals surface area contributed by atoms with Crippen LogP contribution in [0, 0.1) is 0 Å². The number of nitrogens with zero attached hydrogens (tertiary/aromatic N) is 1. The predicted octanol–water partition coefficient (Wildman–Crippen LogP) is 3.63. The summed E-state index contributed by atoms with van der Waals surface area (Å²) in [6, 6.07) is 16.7. The zero-order valence-electron chi connectivity index (χ0n) is 12.9. The van der Waals surface area contributed by atoms with Crippen LogP contribution in [0.2, 0.25) is 0 Å². The summed E-state index contributed by atoms with van der Waals surface area (Å²) < 4.78 is 5.54. The van der Waals surface area contributed by atoms with Crippen LogP contribution in [0.3, 0.4) is 0 Å². The van der Waals surface area contributed by atoms with Crippen molar-refractivity contribution in [2.24, 2.45) is 5.10 Å². The quantitative estimate of drug-likeness (QED) is 0.653. The summed E-state index contributed by atoms with van der Waals surface area (Å²) in [7, 11) is 0. The van der Waals surface area contributed by atoms with Gasteiger partial charge in [-0.1, -0.05) is 25.1 Å². The number of carbonyl (C=O) groups is 1. The van der Waals surface area contributed by atoms with E-state index in [4.69, 9.17) is 4.74 Å². The Morgan fingerprint density at radius 2 is 1.73 bits per heavy atom. The van der Waals surface area contributed by atoms with Gasteiger partial charge in [0.2, 0.25) is 0 Å². The van der Waals surface area contributed by atoms with E-state index in [9.17, 15) is 4.79 Å². The zero-order chi connectivity index (χ0) is 15.8. The lowest BCUT2D eigenvalue weighted by molar-refractivity contribution is 0.0955. The summed E-state index contributed by atoms with van der Waals surface area (Å²) in [5.74, 6) is 0.620. The lowest BCUT2D eigenvalue weighted by atomic mass is 10.1. The van der Waals surface area contributed by atoms with Crippen LogP contribution < -0.4 is 10.2 Å². The highest BCUT2D eigenvalue weighted by atomic mass is 16.5. The third kappa shape index (κ3) is 4.45. The summed E-state index contributed by atoms with van der Waals surface area (Å²) >= 11 is 0. The Morgan fingerprint density at radius 1 is 1.05 bits per heavy atom. The molecule has 0 bridgehead atoms. The lowest BCUT2D eigenvalue weighted by Gasteiger charge is -2.06. The summed E-state index contributed by atoms with van der Waals surface area (Å²) in [5, 5.41) is 4.14. The summed E-state index contributed by atoms with van der Waals surface area (Å²) in [6.45, 7) is 4.63. The Hall–Kier alpha value is -2.62. The third-order valence-electron chi connectivity index (χ3n) is 3.11. The van der Waals surface area contributed by atoms with Crippen LogP contribution in [-0.2, 0) is 0 Å². The van der Waals surface area contributed by atoms with Crippen LogP contribution >= 0.6 is 0 Å². The molecule has 2 rings (SSSR count). The van der Waals surface area contributed by atoms with Gasteiger partial charge in [0.1, 0.15) is 5.75 Å². The standard InChI is InChI=1S/C18H20N2O2/c1-3-13-22-17-11-9-15(10-12-17)14(2)19-20-18(21)16-7-5-4-6-8-16/h4-12H,3,13H2,1-2H3,(H,20,21)/b19-14-. The van der Waals surface area contributed by atoms with E-state index in [1.807, 2.05) is 49.4 Å². The van der Waals surface area contributed by atoms with Crippen molar-refractivity contribution in [1.29, 1.82) is 0 Å². The van der Waals surface area contributed by atoms with E-state index in [0.717, 1.165) is 23.4 Å². The number of nitrogens with one attached hydrogen (secondary N) is 1. The maximum absolute atomic E-state index is 11.9. The van der Waals surface area contributed by atoms with Crippen LogP contribution in [0.4, 0.5) is 0 Å². The van der Waals surface area contributed by atoms with E-state index >= 15 is 0 Å². The molecule has 0 saturated heterocycles. The second kappa shape index (κ2) is 7.98. The largest absolute Gasteiger partial charge is 0.494 e. The number of hydrogen-bond acceptors (Lipinski definition) is 3. The lowest BCUT2D eigenvalue weighted by Crippen LogP contribution is -2.19. The molecule has 0 spiro atoms. The molecule has 0 aromatic heterocycles. The Kier molecular flexibility index (Phi) is 5.72. The van der Waals surface area contributed by atoms with E-state index < -0.39 is 0 Å². The molecule has 0 radical (unpaired) electrons. The smallest absolute Gasteiger partial charge is 0.271 e. The molecule has 0 atom stereocenters. The van der Waals surface area contributed by atoms with Gasteiger partial charge in [-0.3, -0.25) is 4.79 Å². The predicted molar refractivity (Wildman–Crippen MR) is 88.3 cm³/mol. The fourth-order valence-corrected chi connectivity index (χ4v) is 1.87. The van der Waals surface area contributed by atoms with E-state index in [-0.39, 0.29) is 5.91 Å². The highest BCUT2D eigenvalue weighted by Crippen LogP contribution is 2.13. The van der Waals surface area contributed by atoms with E-state index in [1.54, 1.807) is 12.1 Å². The van der Waals surface area contributed by atoms with Gasteiger partial charge in [-0.2, -0.15) is 5.10 Å². The molecule has 4 nitrogen and oxygen atoms in total. The normalized spacial score (nSPS) is 11.1. The molecule has 114 valence electrons. The number of amides is 1. The van der Waals surface area contributed by atoms with Gasteiger partial charge < -0.3 is 4.74 Å². The minimum absolute atomic E-state index is 0.220. The molecule has 0 aliphatic rings. The second-order valence-corrected chi connectivity index (χ2v) is 4.88. The molecule has 0 fully saturated rings. The highest BCUT2D eigenvalue weighted by Gasteiger charge is 2.04. The Morgan fingerprint density at radius 3 is 2.36 bits per heavy atom. The van der Waals surface area contributed by atoms with Crippen molar-refractivity contribution >= 4 is 11.6 Å². The van der Waals surface area contributed by atoms with Gasteiger partial charge in [0, 0.05) is 5.56 Å². The zero-order valence-corrected chi connectivity index (χ0v) is 12.9. The number of hydrogen-bond donors (Lipinski definition) is 1. The van der Waals surface area contributed by atoms with Crippen molar-refractivity contribution in [2.45, 2.75) is 20.3 Å². The van der Waals surface area contributed by atoms with Crippen molar-refractivity contribution in [3.8, 4) is 5.75 Å². The second-order valence-electron chi connectivity index (χ2n) is 4.88. The van der Waals surface area contributed by atoms with Gasteiger partial charge in [-0.05, 0) is 55.3 Å². The number of ether oxygens (including phenoxy) is 1. The molecule has 0 aliphatic heterocycles. The van der Waals surface area contributed by atoms with Crippen LogP contribution in [0.1, 0.15) is 36.2 Å². The van der Waals surface area contributed by atoms with E-state index in [2.05, 4.69) is 17.5 Å². The monoisotopic (exact) mass is 296 g/mol. The number of rotatable bonds is 6. The first-order valence-corrected chi connectivity index (χ1v) is 7.33. The topological polar surface area (TPSA) is 50.7 Å². The fraction of sp³-hybridized carbons (Fsp3) is 0.222. The number of benzene rings is 2. The fourth-order valence-electron chi connectivity index (χ4n) is 1.87. The summed E-state index contributed by atoms with van der Waals surface area (Å²) in [5.41, 5.74) is 4.83. The Labute approximate surface area is 130 Å². The molecule has 2 aromatic carbocycles. The highest BCUT2D eigenvalue weighted by molar-refractivity contribution is 6.00. The van der Waals surface area contributed by atoms with Crippen LogP contribution in [-0.4, -0.2) is 18.2 Å². The molecule has 1 N–H and O–H groups in total. The molecule has 2 aromatic rings. The molecule has 1 amide bonds. The van der Waals surface area contributed by atoms with Crippen molar-refractivity contribution in [3.63, 3.8) is 0 Å². The molecule has 0 unspecified atom stereocenters. The summed E-state index contributed by atoms with van der Waals surface area (Å²) in [6.07, 6.45) is 0.980. The van der Waals surface area contributed by atoms with Crippen molar-refractivity contribution in [3.05, 3.63) is 65.7 Å². The van der Waals surface area contributed by atoms with Gasteiger partial charge in [-0.25, -0.2) is 5.43 Å². The molecule has 22 heavy (non-hydrogen) atoms. The van der Waals surface area contributed by atoms with Gasteiger partial charge in [0.15, 0.2) is 0 Å². The SMILES string of the molecule is CCCOc1ccc(/C(C)=N\NC(=O)c2ccccc2)cc1. The average molecular weight is 296 g/mol. The van der Waals surface area contributed by atoms with Crippen LogP contribution in [0.25, 0.3) is 0 Å². The number of hydrazone groups is 1. The maximum Gasteiger partial charge on any atom is 0.271 e. The minimum atomic E-state index is -0.220. The van der Waals surface area contributed by atoms with Crippen LogP contribution in [0.15, 0.2) is 59.7 Å². The third-order valence-corrected chi connectivity index (χ3v) is 3.11.